The van der Waals surface area contributed by atoms with Gasteiger partial charge in [0, 0.05) is 30.4 Å². The normalized spacial score (nSPS) is 13.0. The summed E-state index contributed by atoms with van der Waals surface area (Å²) in [6.45, 7) is 3.05. The topological polar surface area (TPSA) is 70.7 Å². The first-order valence-corrected chi connectivity index (χ1v) is 9.19. The maximum Gasteiger partial charge on any atom is 0.319 e. The molecule has 0 spiro atoms. The van der Waals surface area contributed by atoms with E-state index in [0.717, 1.165) is 24.2 Å². The Morgan fingerprint density at radius 3 is 2.52 bits per heavy atom. The molecule has 1 fully saturated rings. The molecule has 0 saturated heterocycles. The van der Waals surface area contributed by atoms with E-state index in [1.165, 1.54) is 0 Å². The Balaban J connectivity index is 1.66. The highest BCUT2D eigenvalue weighted by Gasteiger charge is 2.23. The second-order valence-electron chi connectivity index (χ2n) is 6.62. The van der Waals surface area contributed by atoms with Gasteiger partial charge < -0.3 is 20.3 Å². The zero-order valence-corrected chi connectivity index (χ0v) is 15.7. The quantitative estimate of drug-likeness (QED) is 0.785. The molecule has 0 atom stereocenters. The molecule has 27 heavy (non-hydrogen) atoms. The van der Waals surface area contributed by atoms with Crippen LogP contribution in [-0.2, 0) is 6.54 Å². The summed E-state index contributed by atoms with van der Waals surface area (Å²) in [5.41, 5.74) is 2.19. The number of urea groups is 1. The van der Waals surface area contributed by atoms with Gasteiger partial charge >= 0.3 is 6.03 Å². The second-order valence-corrected chi connectivity index (χ2v) is 6.62. The van der Waals surface area contributed by atoms with Gasteiger partial charge in [-0.05, 0) is 55.7 Å². The number of ether oxygens (including phenoxy) is 1. The Morgan fingerprint density at radius 1 is 1.15 bits per heavy atom. The third-order valence-corrected chi connectivity index (χ3v) is 4.48. The standard InChI is InChI=1S/C21H25N3O3/c1-3-24(14-15-7-11-19(27-2)12-8-15)20(25)16-5-4-6-18(13-16)23-21(26)22-17-9-10-17/h4-8,11-13,17H,3,9-10,14H2,1-2H3,(H2,22,23,26). The molecule has 3 amide bonds. The zero-order chi connectivity index (χ0) is 19.2. The third-order valence-electron chi connectivity index (χ3n) is 4.48. The predicted molar refractivity (Wildman–Crippen MR) is 105 cm³/mol. The Hall–Kier alpha value is -3.02. The van der Waals surface area contributed by atoms with Gasteiger partial charge in [0.15, 0.2) is 0 Å². The van der Waals surface area contributed by atoms with E-state index < -0.39 is 0 Å². The largest absolute Gasteiger partial charge is 0.497 e. The maximum absolute atomic E-state index is 12.9. The maximum atomic E-state index is 12.9. The first-order valence-electron chi connectivity index (χ1n) is 9.19. The molecule has 0 unspecified atom stereocenters. The highest BCUT2D eigenvalue weighted by atomic mass is 16.5. The highest BCUT2D eigenvalue weighted by Crippen LogP contribution is 2.20. The number of nitrogens with zero attached hydrogens (tertiary/aromatic N) is 1. The van der Waals surface area contributed by atoms with Gasteiger partial charge in [-0.2, -0.15) is 0 Å². The van der Waals surface area contributed by atoms with E-state index in [0.29, 0.717) is 24.3 Å². The lowest BCUT2D eigenvalue weighted by Crippen LogP contribution is -2.31. The summed E-state index contributed by atoms with van der Waals surface area (Å²) in [6, 6.07) is 14.8. The molecular weight excluding hydrogens is 342 g/mol. The van der Waals surface area contributed by atoms with E-state index in [1.807, 2.05) is 31.2 Å². The minimum Gasteiger partial charge on any atom is -0.497 e. The van der Waals surface area contributed by atoms with Gasteiger partial charge in [-0.1, -0.05) is 18.2 Å². The summed E-state index contributed by atoms with van der Waals surface area (Å²) < 4.78 is 5.17. The molecule has 142 valence electrons. The third kappa shape index (κ3) is 5.23. The van der Waals surface area contributed by atoms with Crippen molar-refractivity contribution in [2.45, 2.75) is 32.4 Å². The molecule has 2 N–H and O–H groups in total. The van der Waals surface area contributed by atoms with E-state index in [4.69, 9.17) is 4.74 Å². The van der Waals surface area contributed by atoms with Crippen LogP contribution in [0.2, 0.25) is 0 Å². The van der Waals surface area contributed by atoms with Crippen molar-refractivity contribution in [3.05, 3.63) is 59.7 Å². The van der Waals surface area contributed by atoms with Crippen molar-refractivity contribution in [3.8, 4) is 5.75 Å². The number of nitrogens with one attached hydrogen (secondary N) is 2. The molecule has 0 bridgehead atoms. The summed E-state index contributed by atoms with van der Waals surface area (Å²) in [6.07, 6.45) is 2.06. The Kier molecular flexibility index (Phi) is 5.96. The number of amides is 3. The average Bonchev–Trinajstić information content (AvgIpc) is 3.50. The van der Waals surface area contributed by atoms with Crippen LogP contribution in [0.25, 0.3) is 0 Å². The number of methoxy groups -OCH3 is 1. The van der Waals surface area contributed by atoms with Crippen LogP contribution in [0.5, 0.6) is 5.75 Å². The van der Waals surface area contributed by atoms with Crippen molar-refractivity contribution in [1.82, 2.24) is 10.2 Å². The first-order chi connectivity index (χ1) is 13.1. The first kappa shape index (κ1) is 18.8. The van der Waals surface area contributed by atoms with E-state index in [-0.39, 0.29) is 18.0 Å². The number of hydrogen-bond donors (Lipinski definition) is 2. The van der Waals surface area contributed by atoms with Gasteiger partial charge in [-0.3, -0.25) is 4.79 Å². The van der Waals surface area contributed by atoms with Crippen LogP contribution >= 0.6 is 0 Å². The van der Waals surface area contributed by atoms with Gasteiger partial charge in [0.25, 0.3) is 5.91 Å². The fraction of sp³-hybridized carbons (Fsp3) is 0.333. The zero-order valence-electron chi connectivity index (χ0n) is 15.7. The van der Waals surface area contributed by atoms with Crippen LogP contribution in [0.15, 0.2) is 48.5 Å². The van der Waals surface area contributed by atoms with Gasteiger partial charge in [-0.15, -0.1) is 0 Å². The molecule has 0 aromatic heterocycles. The Bertz CT molecular complexity index is 801. The van der Waals surface area contributed by atoms with Crippen LogP contribution in [0, 0.1) is 0 Å². The molecular formula is C21H25N3O3. The number of anilines is 1. The van der Waals surface area contributed by atoms with E-state index in [1.54, 1.807) is 36.3 Å². The number of benzene rings is 2. The van der Waals surface area contributed by atoms with Crippen LogP contribution in [0.3, 0.4) is 0 Å². The van der Waals surface area contributed by atoms with Crippen molar-refractivity contribution < 1.29 is 14.3 Å². The summed E-state index contributed by atoms with van der Waals surface area (Å²) in [5, 5.41) is 5.66. The average molecular weight is 367 g/mol. The van der Waals surface area contributed by atoms with Gasteiger partial charge in [0.2, 0.25) is 0 Å². The molecule has 3 rings (SSSR count). The summed E-state index contributed by atoms with van der Waals surface area (Å²) >= 11 is 0. The molecule has 6 nitrogen and oxygen atoms in total. The molecule has 0 heterocycles. The minimum absolute atomic E-state index is 0.0698. The number of carbonyl (C=O) groups excluding carboxylic acids is 2. The van der Waals surface area contributed by atoms with Gasteiger partial charge in [0.1, 0.15) is 5.75 Å². The van der Waals surface area contributed by atoms with Gasteiger partial charge in [-0.25, -0.2) is 4.79 Å². The lowest BCUT2D eigenvalue weighted by molar-refractivity contribution is 0.0752. The highest BCUT2D eigenvalue weighted by molar-refractivity contribution is 5.97. The number of hydrogen-bond acceptors (Lipinski definition) is 3. The molecule has 2 aromatic rings. The monoisotopic (exact) mass is 367 g/mol. The van der Waals surface area contributed by atoms with E-state index >= 15 is 0 Å². The molecule has 0 aliphatic heterocycles. The number of carbonyl (C=O) groups is 2. The number of rotatable bonds is 7. The summed E-state index contributed by atoms with van der Waals surface area (Å²) in [5.74, 6) is 0.718. The van der Waals surface area contributed by atoms with E-state index in [2.05, 4.69) is 10.6 Å². The van der Waals surface area contributed by atoms with Crippen molar-refractivity contribution in [3.63, 3.8) is 0 Å². The van der Waals surface area contributed by atoms with Crippen molar-refractivity contribution in [2.24, 2.45) is 0 Å². The molecule has 2 aromatic carbocycles. The Labute approximate surface area is 159 Å². The van der Waals surface area contributed by atoms with E-state index in [9.17, 15) is 9.59 Å². The van der Waals surface area contributed by atoms with Crippen LogP contribution in [0.4, 0.5) is 10.5 Å². The predicted octanol–water partition coefficient (Wildman–Crippen LogP) is 3.64. The van der Waals surface area contributed by atoms with Crippen molar-refractivity contribution in [1.29, 1.82) is 0 Å². The smallest absolute Gasteiger partial charge is 0.319 e. The molecule has 0 radical (unpaired) electrons. The SMILES string of the molecule is CCN(Cc1ccc(OC)cc1)C(=O)c1cccc(NC(=O)NC2CC2)c1. The van der Waals surface area contributed by atoms with Gasteiger partial charge in [0.05, 0.1) is 7.11 Å². The lowest BCUT2D eigenvalue weighted by atomic mass is 10.1. The van der Waals surface area contributed by atoms with Crippen LogP contribution < -0.4 is 15.4 Å². The molecule has 1 aliphatic rings. The minimum atomic E-state index is -0.229. The second kappa shape index (κ2) is 8.58. The molecule has 6 heteroatoms. The fourth-order valence-electron chi connectivity index (χ4n) is 2.77. The molecule has 1 saturated carbocycles. The van der Waals surface area contributed by atoms with Crippen molar-refractivity contribution in [2.75, 3.05) is 19.0 Å². The van der Waals surface area contributed by atoms with Crippen molar-refractivity contribution >= 4 is 17.6 Å². The summed E-state index contributed by atoms with van der Waals surface area (Å²) in [7, 11) is 1.63. The summed E-state index contributed by atoms with van der Waals surface area (Å²) in [4.78, 5) is 26.6. The lowest BCUT2D eigenvalue weighted by Gasteiger charge is -2.21. The molecule has 1 aliphatic carbocycles. The Morgan fingerprint density at radius 2 is 1.89 bits per heavy atom. The van der Waals surface area contributed by atoms with Crippen LogP contribution in [0.1, 0.15) is 35.7 Å². The van der Waals surface area contributed by atoms with Crippen LogP contribution in [-0.4, -0.2) is 36.5 Å². The fourth-order valence-corrected chi connectivity index (χ4v) is 2.77.